The van der Waals surface area contributed by atoms with Gasteiger partial charge in [0, 0.05) is 12.5 Å². The number of hydrogen-bond acceptors (Lipinski definition) is 3. The van der Waals surface area contributed by atoms with Crippen molar-refractivity contribution >= 4 is 23.2 Å². The molecule has 0 aliphatic heterocycles. The number of benzene rings is 2. The highest BCUT2D eigenvalue weighted by Crippen LogP contribution is 2.78. The molecular weight excluding hydrogens is 372 g/mol. The van der Waals surface area contributed by atoms with Crippen LogP contribution < -0.4 is 0 Å². The third kappa shape index (κ3) is 1.80. The zero-order valence-electron chi connectivity index (χ0n) is 16.0. The van der Waals surface area contributed by atoms with Gasteiger partial charge in [-0.15, -0.1) is 11.6 Å². The van der Waals surface area contributed by atoms with Crippen LogP contribution in [0, 0.1) is 17.3 Å². The fourth-order valence-electron chi connectivity index (χ4n) is 5.96. The van der Waals surface area contributed by atoms with E-state index in [1.54, 1.807) is 0 Å². The Balaban J connectivity index is 1.72. The lowest BCUT2D eigenvalue weighted by Crippen LogP contribution is -2.65. The lowest BCUT2D eigenvalue weighted by atomic mass is 9.51. The molecule has 0 saturated heterocycles. The van der Waals surface area contributed by atoms with Gasteiger partial charge in [-0.1, -0.05) is 60.7 Å². The van der Waals surface area contributed by atoms with Gasteiger partial charge in [0.05, 0.1) is 22.9 Å². The molecular formula is C24H23ClO3. The van der Waals surface area contributed by atoms with Crippen LogP contribution in [0.25, 0.3) is 0 Å². The van der Waals surface area contributed by atoms with Crippen molar-refractivity contribution in [2.45, 2.75) is 36.7 Å². The van der Waals surface area contributed by atoms with Gasteiger partial charge in [-0.3, -0.25) is 9.59 Å². The molecule has 3 aliphatic rings. The van der Waals surface area contributed by atoms with Crippen LogP contribution in [-0.2, 0) is 19.7 Å². The molecule has 0 amide bonds. The van der Waals surface area contributed by atoms with Gasteiger partial charge in [-0.25, -0.2) is 0 Å². The highest BCUT2D eigenvalue weighted by molar-refractivity contribution is 6.45. The molecule has 2 aromatic carbocycles. The molecule has 0 radical (unpaired) electrons. The minimum Gasteiger partial charge on any atom is -0.377 e. The first-order chi connectivity index (χ1) is 13.4. The Hall–Kier alpha value is -1.97. The van der Waals surface area contributed by atoms with Crippen LogP contribution >= 0.6 is 11.6 Å². The van der Waals surface area contributed by atoms with E-state index >= 15 is 0 Å². The number of carbonyl (C=O) groups is 2. The number of ether oxygens (including phenoxy) is 1. The largest absolute Gasteiger partial charge is 0.377 e. The summed E-state index contributed by atoms with van der Waals surface area (Å²) in [6.07, 6.45) is 0.375. The molecule has 3 saturated carbocycles. The molecule has 0 bridgehead atoms. The Bertz CT molecular complexity index is 917. The number of ketones is 2. The zero-order chi connectivity index (χ0) is 19.7. The molecule has 4 heteroatoms. The van der Waals surface area contributed by atoms with Gasteiger partial charge in [0.25, 0.3) is 0 Å². The molecule has 3 aliphatic carbocycles. The van der Waals surface area contributed by atoms with Crippen molar-refractivity contribution in [3.05, 3.63) is 71.8 Å². The van der Waals surface area contributed by atoms with Gasteiger partial charge in [0.2, 0.25) is 0 Å². The number of rotatable bonds is 4. The van der Waals surface area contributed by atoms with Crippen LogP contribution in [-0.4, -0.2) is 29.2 Å². The Morgan fingerprint density at radius 2 is 1.50 bits per heavy atom. The smallest absolute Gasteiger partial charge is 0.160 e. The van der Waals surface area contributed by atoms with Crippen LogP contribution in [0.1, 0.15) is 31.4 Å². The van der Waals surface area contributed by atoms with E-state index in [4.69, 9.17) is 16.3 Å². The van der Waals surface area contributed by atoms with E-state index in [0.717, 1.165) is 11.1 Å². The lowest BCUT2D eigenvalue weighted by molar-refractivity contribution is -0.183. The summed E-state index contributed by atoms with van der Waals surface area (Å²) in [6.45, 7) is 4.36. The van der Waals surface area contributed by atoms with E-state index in [1.807, 2.05) is 74.5 Å². The predicted molar refractivity (Wildman–Crippen MR) is 107 cm³/mol. The quantitative estimate of drug-likeness (QED) is 0.731. The van der Waals surface area contributed by atoms with Crippen molar-refractivity contribution in [2.24, 2.45) is 17.3 Å². The van der Waals surface area contributed by atoms with E-state index < -0.39 is 21.6 Å². The third-order valence-electron chi connectivity index (χ3n) is 7.46. The SMILES string of the molecule is CCO[C@H]1C[C@H]2C(=O)[C@@]3(Cl)[C@@H](C(=O)[C@@]12C)C3(c1ccccc1)c1ccccc1. The van der Waals surface area contributed by atoms with Crippen LogP contribution in [0.3, 0.4) is 0 Å². The maximum Gasteiger partial charge on any atom is 0.160 e. The second kappa shape index (κ2) is 5.77. The predicted octanol–water partition coefficient (Wildman–Crippen LogP) is 4.16. The molecule has 28 heavy (non-hydrogen) atoms. The summed E-state index contributed by atoms with van der Waals surface area (Å²) in [6, 6.07) is 19.6. The molecule has 0 heterocycles. The maximum atomic E-state index is 13.8. The maximum absolute atomic E-state index is 13.8. The molecule has 0 spiro atoms. The summed E-state index contributed by atoms with van der Waals surface area (Å²) in [4.78, 5) is 26.3. The van der Waals surface area contributed by atoms with Crippen LogP contribution in [0.4, 0.5) is 0 Å². The van der Waals surface area contributed by atoms with E-state index in [1.165, 1.54) is 0 Å². The summed E-state index contributed by atoms with van der Waals surface area (Å²) >= 11 is 7.15. The van der Waals surface area contributed by atoms with Gasteiger partial charge in [-0.05, 0) is 31.4 Å². The first-order valence-corrected chi connectivity index (χ1v) is 10.3. The second-order valence-corrected chi connectivity index (χ2v) is 9.02. The van der Waals surface area contributed by atoms with Crippen LogP contribution in [0.15, 0.2) is 60.7 Å². The Morgan fingerprint density at radius 3 is 2.00 bits per heavy atom. The van der Waals surface area contributed by atoms with Crippen molar-refractivity contribution < 1.29 is 14.3 Å². The molecule has 5 rings (SSSR count). The monoisotopic (exact) mass is 394 g/mol. The zero-order valence-corrected chi connectivity index (χ0v) is 16.8. The lowest BCUT2D eigenvalue weighted by Gasteiger charge is -2.54. The first kappa shape index (κ1) is 18.1. The number of alkyl halides is 1. The fourth-order valence-corrected chi connectivity index (χ4v) is 6.63. The van der Waals surface area contributed by atoms with E-state index in [2.05, 4.69) is 0 Å². The standard InChI is InChI=1S/C24H23ClO3/c1-3-28-18-14-17-20(26)24(25)19(21(27)22(17,18)2)23(24,15-10-6-4-7-11-15)16-12-8-5-9-13-16/h4-13,17-19H,3,14H2,1-2H3/t17-,18-,19-,22+,24-/m0/s1. The van der Waals surface area contributed by atoms with Gasteiger partial charge in [-0.2, -0.15) is 0 Å². The van der Waals surface area contributed by atoms with Crippen LogP contribution in [0.2, 0.25) is 0 Å². The molecule has 144 valence electrons. The van der Waals surface area contributed by atoms with Crippen molar-refractivity contribution in [1.82, 2.24) is 0 Å². The normalized spacial score (nSPS) is 37.6. The highest BCUT2D eigenvalue weighted by atomic mass is 35.5. The summed E-state index contributed by atoms with van der Waals surface area (Å²) in [5.41, 5.74) is 0.269. The topological polar surface area (TPSA) is 43.4 Å². The molecule has 0 N–H and O–H groups in total. The van der Waals surface area contributed by atoms with E-state index in [9.17, 15) is 9.59 Å². The van der Waals surface area contributed by atoms with Gasteiger partial charge in [0.1, 0.15) is 10.7 Å². The minimum atomic E-state index is -1.21. The number of carbonyl (C=O) groups excluding carboxylic acids is 2. The van der Waals surface area contributed by atoms with Crippen molar-refractivity contribution in [2.75, 3.05) is 6.61 Å². The Labute approximate surface area is 170 Å². The van der Waals surface area contributed by atoms with Crippen LogP contribution in [0.5, 0.6) is 0 Å². The molecule has 2 aromatic rings. The van der Waals surface area contributed by atoms with Crippen molar-refractivity contribution in [1.29, 1.82) is 0 Å². The summed E-state index contributed by atoms with van der Waals surface area (Å²) in [5, 5.41) is 0. The van der Waals surface area contributed by atoms with Gasteiger partial charge < -0.3 is 4.74 Å². The first-order valence-electron chi connectivity index (χ1n) is 9.95. The molecule has 5 atom stereocenters. The summed E-state index contributed by atoms with van der Waals surface area (Å²) in [7, 11) is 0. The van der Waals surface area contributed by atoms with E-state index in [-0.39, 0.29) is 23.6 Å². The van der Waals surface area contributed by atoms with Crippen molar-refractivity contribution in [3.8, 4) is 0 Å². The van der Waals surface area contributed by atoms with Gasteiger partial charge in [0.15, 0.2) is 5.78 Å². The summed E-state index contributed by atoms with van der Waals surface area (Å²) < 4.78 is 5.83. The fraction of sp³-hybridized carbons (Fsp3) is 0.417. The number of fused-ring (bicyclic) bond motifs is 2. The number of halogens is 1. The molecule has 0 unspecified atom stereocenters. The second-order valence-electron chi connectivity index (χ2n) is 8.43. The average molecular weight is 395 g/mol. The highest BCUT2D eigenvalue weighted by Gasteiger charge is 2.90. The molecule has 3 fully saturated rings. The molecule has 0 aromatic heterocycles. The number of Topliss-reactive ketones (excluding diaryl/α,β-unsaturated/α-hetero) is 2. The minimum absolute atomic E-state index is 0.00456. The van der Waals surface area contributed by atoms with E-state index in [0.29, 0.717) is 13.0 Å². The Kier molecular flexibility index (Phi) is 3.73. The summed E-state index contributed by atoms with van der Waals surface area (Å²) in [5.74, 6) is -0.850. The average Bonchev–Trinajstić information content (AvgIpc) is 3.32. The number of hydrogen-bond donors (Lipinski definition) is 0. The third-order valence-corrected chi connectivity index (χ3v) is 8.16. The van der Waals surface area contributed by atoms with Gasteiger partial charge >= 0.3 is 0 Å². The van der Waals surface area contributed by atoms with Crippen molar-refractivity contribution in [3.63, 3.8) is 0 Å². The Morgan fingerprint density at radius 1 is 0.964 bits per heavy atom. The molecule has 3 nitrogen and oxygen atoms in total.